The van der Waals surface area contributed by atoms with Gasteiger partial charge in [-0.3, -0.25) is 14.7 Å². The van der Waals surface area contributed by atoms with Gasteiger partial charge < -0.3 is 9.88 Å². The Kier molecular flexibility index (Phi) is 5.01. The van der Waals surface area contributed by atoms with E-state index in [9.17, 15) is 9.59 Å². The normalized spacial score (nSPS) is 15.6. The van der Waals surface area contributed by atoms with Gasteiger partial charge in [0.25, 0.3) is 5.56 Å². The molecule has 0 atom stereocenters. The molecule has 7 heteroatoms. The van der Waals surface area contributed by atoms with Gasteiger partial charge in [-0.1, -0.05) is 0 Å². The first-order chi connectivity index (χ1) is 11.9. The number of nitrogens with one attached hydrogen (secondary N) is 2. The van der Waals surface area contributed by atoms with Gasteiger partial charge >= 0.3 is 0 Å². The second-order valence-corrected chi connectivity index (χ2v) is 6.82. The van der Waals surface area contributed by atoms with Gasteiger partial charge in [-0.25, -0.2) is 4.98 Å². The van der Waals surface area contributed by atoms with Crippen LogP contribution in [0.5, 0.6) is 0 Å². The van der Waals surface area contributed by atoms with Gasteiger partial charge in [0, 0.05) is 37.2 Å². The molecule has 25 heavy (non-hydrogen) atoms. The summed E-state index contributed by atoms with van der Waals surface area (Å²) < 4.78 is 0. The molecule has 2 N–H and O–H groups in total. The van der Waals surface area contributed by atoms with E-state index in [4.69, 9.17) is 0 Å². The van der Waals surface area contributed by atoms with Crippen LogP contribution in [0.15, 0.2) is 10.9 Å². The van der Waals surface area contributed by atoms with Crippen molar-refractivity contribution in [3.05, 3.63) is 44.9 Å². The first-order valence-corrected chi connectivity index (χ1v) is 8.80. The highest BCUT2D eigenvalue weighted by atomic mass is 16.2. The highest BCUT2D eigenvalue weighted by Gasteiger charge is 2.25. The molecule has 0 bridgehead atoms. The average Bonchev–Trinajstić information content (AvgIpc) is 2.90. The number of H-pyrrole nitrogens is 2. The fourth-order valence-corrected chi connectivity index (χ4v) is 3.57. The summed E-state index contributed by atoms with van der Waals surface area (Å²) in [7, 11) is 0. The smallest absolute Gasteiger partial charge is 0.251 e. The van der Waals surface area contributed by atoms with Crippen LogP contribution in [-0.2, 0) is 11.2 Å². The lowest BCUT2D eigenvalue weighted by Crippen LogP contribution is -2.38. The van der Waals surface area contributed by atoms with Gasteiger partial charge in [0.15, 0.2) is 0 Å². The van der Waals surface area contributed by atoms with Crippen LogP contribution in [-0.4, -0.2) is 44.1 Å². The predicted octanol–water partition coefficient (Wildman–Crippen LogP) is 1.76. The van der Waals surface area contributed by atoms with Crippen LogP contribution in [0.25, 0.3) is 0 Å². The second-order valence-electron chi connectivity index (χ2n) is 6.82. The van der Waals surface area contributed by atoms with Gasteiger partial charge in [0.2, 0.25) is 5.91 Å². The number of hydrogen-bond acceptors (Lipinski definition) is 4. The number of piperidine rings is 1. The Morgan fingerprint density at radius 2 is 2.00 bits per heavy atom. The molecule has 1 aliphatic heterocycles. The topological polar surface area (TPSA) is 94.7 Å². The van der Waals surface area contributed by atoms with Crippen molar-refractivity contribution in [3.8, 4) is 0 Å². The third-order valence-electron chi connectivity index (χ3n) is 5.02. The van der Waals surface area contributed by atoms with Gasteiger partial charge in [0.1, 0.15) is 5.82 Å². The zero-order valence-electron chi connectivity index (χ0n) is 15.1. The molecule has 0 radical (unpaired) electrons. The van der Waals surface area contributed by atoms with Crippen LogP contribution in [0.3, 0.4) is 0 Å². The number of amides is 1. The highest BCUT2D eigenvalue weighted by Crippen LogP contribution is 2.26. The maximum absolute atomic E-state index is 12.5. The molecular weight excluding hydrogens is 318 g/mol. The highest BCUT2D eigenvalue weighted by molar-refractivity contribution is 5.76. The van der Waals surface area contributed by atoms with Crippen molar-refractivity contribution in [2.75, 3.05) is 13.1 Å². The lowest BCUT2D eigenvalue weighted by Gasteiger charge is -2.31. The molecule has 1 saturated heterocycles. The van der Waals surface area contributed by atoms with E-state index < -0.39 is 0 Å². The number of hydrogen-bond donors (Lipinski definition) is 2. The van der Waals surface area contributed by atoms with E-state index in [0.29, 0.717) is 12.2 Å². The Bertz CT molecular complexity index is 796. The molecule has 3 heterocycles. The van der Waals surface area contributed by atoms with Gasteiger partial charge in [0.05, 0.1) is 11.4 Å². The molecule has 0 aliphatic carbocycles. The molecule has 0 aromatic carbocycles. The van der Waals surface area contributed by atoms with Crippen LogP contribution in [0.4, 0.5) is 0 Å². The molecule has 3 rings (SSSR count). The Hall–Kier alpha value is -2.44. The third kappa shape index (κ3) is 3.97. The summed E-state index contributed by atoms with van der Waals surface area (Å²) in [5.41, 5.74) is 3.90. The zero-order valence-corrected chi connectivity index (χ0v) is 15.1. The number of carbonyl (C=O) groups excluding carboxylic acids is 1. The summed E-state index contributed by atoms with van der Waals surface area (Å²) in [4.78, 5) is 33.2. The van der Waals surface area contributed by atoms with E-state index in [2.05, 4.69) is 20.2 Å². The number of aryl methyl sites for hydroxylation is 3. The molecule has 134 valence electrons. The van der Waals surface area contributed by atoms with E-state index in [-0.39, 0.29) is 17.4 Å². The van der Waals surface area contributed by atoms with Gasteiger partial charge in [-0.15, -0.1) is 0 Å². The molecule has 7 nitrogen and oxygen atoms in total. The van der Waals surface area contributed by atoms with Crippen molar-refractivity contribution >= 4 is 5.91 Å². The molecule has 1 amide bonds. The van der Waals surface area contributed by atoms with Gasteiger partial charge in [-0.05, 0) is 45.6 Å². The molecule has 1 aliphatic rings. The summed E-state index contributed by atoms with van der Waals surface area (Å²) in [6.45, 7) is 7.19. The second kappa shape index (κ2) is 7.21. The number of aromatic nitrogens is 4. The van der Waals surface area contributed by atoms with E-state index in [0.717, 1.165) is 55.0 Å². The fraction of sp³-hybridized carbons (Fsp3) is 0.556. The van der Waals surface area contributed by atoms with Crippen molar-refractivity contribution in [2.45, 2.75) is 52.4 Å². The quantitative estimate of drug-likeness (QED) is 0.884. The standard InChI is InChI=1S/C18H25N5O2/c1-11-15(12(2)22-21-11)4-5-18(25)23-8-6-14(7-9-23)16-10-17(24)20-13(3)19-16/h10,14H,4-9H2,1-3H3,(H,21,22)(H,19,20,24). The summed E-state index contributed by atoms with van der Waals surface area (Å²) in [5, 5.41) is 7.14. The summed E-state index contributed by atoms with van der Waals surface area (Å²) in [6, 6.07) is 1.58. The van der Waals surface area contributed by atoms with E-state index in [1.54, 1.807) is 13.0 Å². The number of likely N-dealkylation sites (tertiary alicyclic amines) is 1. The Morgan fingerprint density at radius 1 is 1.28 bits per heavy atom. The minimum Gasteiger partial charge on any atom is -0.343 e. The average molecular weight is 343 g/mol. The molecule has 0 unspecified atom stereocenters. The Morgan fingerprint density at radius 3 is 2.60 bits per heavy atom. The summed E-state index contributed by atoms with van der Waals surface area (Å²) in [5.74, 6) is 1.09. The lowest BCUT2D eigenvalue weighted by atomic mass is 9.93. The van der Waals surface area contributed by atoms with E-state index in [1.165, 1.54) is 0 Å². The number of nitrogens with zero attached hydrogens (tertiary/aromatic N) is 3. The van der Waals surface area contributed by atoms with E-state index in [1.807, 2.05) is 18.7 Å². The SMILES string of the molecule is Cc1nc(C2CCN(C(=O)CCc3c(C)n[nH]c3C)CC2)cc(=O)[nH]1. The zero-order chi connectivity index (χ0) is 18.0. The monoisotopic (exact) mass is 343 g/mol. The van der Waals surface area contributed by atoms with Crippen LogP contribution >= 0.6 is 0 Å². The fourth-order valence-electron chi connectivity index (χ4n) is 3.57. The molecule has 0 spiro atoms. The molecule has 0 saturated carbocycles. The van der Waals surface area contributed by atoms with Gasteiger partial charge in [-0.2, -0.15) is 5.10 Å². The first-order valence-electron chi connectivity index (χ1n) is 8.80. The van der Waals surface area contributed by atoms with Crippen LogP contribution in [0.2, 0.25) is 0 Å². The predicted molar refractivity (Wildman–Crippen MR) is 94.5 cm³/mol. The van der Waals surface area contributed by atoms with Crippen molar-refractivity contribution in [1.29, 1.82) is 0 Å². The Labute approximate surface area is 146 Å². The molecule has 1 fully saturated rings. The van der Waals surface area contributed by atoms with Crippen molar-refractivity contribution in [1.82, 2.24) is 25.1 Å². The van der Waals surface area contributed by atoms with Crippen LogP contribution < -0.4 is 5.56 Å². The van der Waals surface area contributed by atoms with Crippen molar-refractivity contribution in [3.63, 3.8) is 0 Å². The lowest BCUT2D eigenvalue weighted by molar-refractivity contribution is -0.132. The number of rotatable bonds is 4. The summed E-state index contributed by atoms with van der Waals surface area (Å²) in [6.07, 6.45) is 2.94. The minimum absolute atomic E-state index is 0.105. The first kappa shape index (κ1) is 17.4. The van der Waals surface area contributed by atoms with Crippen molar-refractivity contribution < 1.29 is 4.79 Å². The maximum atomic E-state index is 12.5. The van der Waals surface area contributed by atoms with Crippen molar-refractivity contribution in [2.24, 2.45) is 0 Å². The number of carbonyl (C=O) groups is 1. The third-order valence-corrected chi connectivity index (χ3v) is 5.02. The minimum atomic E-state index is -0.105. The molecule has 2 aromatic heterocycles. The molecule has 2 aromatic rings. The van der Waals surface area contributed by atoms with E-state index >= 15 is 0 Å². The van der Waals surface area contributed by atoms with Crippen LogP contribution in [0.1, 0.15) is 53.7 Å². The maximum Gasteiger partial charge on any atom is 0.251 e. The number of aromatic amines is 2. The summed E-state index contributed by atoms with van der Waals surface area (Å²) >= 11 is 0. The molecular formula is C18H25N5O2. The Balaban J connectivity index is 1.55. The largest absolute Gasteiger partial charge is 0.343 e. The van der Waals surface area contributed by atoms with Crippen LogP contribution in [0, 0.1) is 20.8 Å².